The van der Waals surface area contributed by atoms with Crippen molar-refractivity contribution >= 4 is 21.8 Å². The second-order valence-corrected chi connectivity index (χ2v) is 9.74. The zero-order chi connectivity index (χ0) is 22.6. The first kappa shape index (κ1) is 22.9. The van der Waals surface area contributed by atoms with Gasteiger partial charge in [-0.3, -0.25) is 4.79 Å². The first-order chi connectivity index (χ1) is 14.7. The fourth-order valence-electron chi connectivity index (χ4n) is 3.64. The number of carbonyl (C=O) groups excluding carboxylic acids is 1. The first-order valence-electron chi connectivity index (χ1n) is 10.2. The Morgan fingerprint density at radius 2 is 2.10 bits per heavy atom. The molecule has 9 heteroatoms. The molecule has 2 heterocycles. The van der Waals surface area contributed by atoms with Crippen LogP contribution in [0.1, 0.15) is 35.9 Å². The highest BCUT2D eigenvalue weighted by atomic mass is 32.2. The molecule has 1 saturated heterocycles. The van der Waals surface area contributed by atoms with Gasteiger partial charge >= 0.3 is 0 Å². The van der Waals surface area contributed by atoms with Crippen molar-refractivity contribution in [2.45, 2.75) is 39.8 Å². The molecule has 1 aromatic heterocycles. The number of carbonyl (C=O) groups is 1. The molecule has 1 aromatic carbocycles. The number of likely N-dealkylation sites (N-methyl/N-ethyl adjacent to an activating group) is 1. The maximum atomic E-state index is 12.6. The predicted octanol–water partition coefficient (Wildman–Crippen LogP) is 2.93. The van der Waals surface area contributed by atoms with Crippen molar-refractivity contribution in [3.05, 3.63) is 46.9 Å². The molecule has 0 N–H and O–H groups in total. The summed E-state index contributed by atoms with van der Waals surface area (Å²) in [6.45, 7) is 6.31. The SMILES string of the molecule is CCN(C(=O)/C=C/c1ccc(OCc2c(C)noc2C)c(OC)c1)[C@@H]1CCS(=O)(=O)C1. The van der Waals surface area contributed by atoms with E-state index in [0.717, 1.165) is 16.8 Å². The summed E-state index contributed by atoms with van der Waals surface area (Å²) in [5.74, 6) is 1.78. The molecule has 0 spiro atoms. The summed E-state index contributed by atoms with van der Waals surface area (Å²) < 4.78 is 39.9. The van der Waals surface area contributed by atoms with Crippen molar-refractivity contribution < 1.29 is 27.2 Å². The summed E-state index contributed by atoms with van der Waals surface area (Å²) in [6.07, 6.45) is 3.64. The Morgan fingerprint density at radius 1 is 1.32 bits per heavy atom. The van der Waals surface area contributed by atoms with Crippen LogP contribution in [0, 0.1) is 13.8 Å². The molecule has 168 valence electrons. The van der Waals surface area contributed by atoms with Gasteiger partial charge in [-0.05, 0) is 51.0 Å². The molecule has 0 aliphatic carbocycles. The highest BCUT2D eigenvalue weighted by Crippen LogP contribution is 2.30. The third-order valence-corrected chi connectivity index (χ3v) is 7.18. The van der Waals surface area contributed by atoms with Gasteiger partial charge in [0.1, 0.15) is 12.4 Å². The second-order valence-electron chi connectivity index (χ2n) is 7.52. The van der Waals surface area contributed by atoms with E-state index in [-0.39, 0.29) is 23.5 Å². The smallest absolute Gasteiger partial charge is 0.246 e. The van der Waals surface area contributed by atoms with Gasteiger partial charge in [-0.2, -0.15) is 0 Å². The summed E-state index contributed by atoms with van der Waals surface area (Å²) >= 11 is 0. The predicted molar refractivity (Wildman–Crippen MR) is 117 cm³/mol. The number of sulfone groups is 1. The monoisotopic (exact) mass is 448 g/mol. The number of ether oxygens (including phenoxy) is 2. The maximum absolute atomic E-state index is 12.6. The van der Waals surface area contributed by atoms with Gasteiger partial charge in [0.25, 0.3) is 0 Å². The van der Waals surface area contributed by atoms with Gasteiger partial charge in [0.15, 0.2) is 21.3 Å². The minimum atomic E-state index is -3.05. The lowest BCUT2D eigenvalue weighted by Crippen LogP contribution is -2.40. The van der Waals surface area contributed by atoms with Gasteiger partial charge in [0.2, 0.25) is 5.91 Å². The van der Waals surface area contributed by atoms with Crippen LogP contribution in [0.3, 0.4) is 0 Å². The minimum absolute atomic E-state index is 0.0331. The van der Waals surface area contributed by atoms with Crippen molar-refractivity contribution in [3.63, 3.8) is 0 Å². The number of amides is 1. The van der Waals surface area contributed by atoms with Crippen molar-refractivity contribution in [2.75, 3.05) is 25.2 Å². The Kier molecular flexibility index (Phi) is 7.04. The van der Waals surface area contributed by atoms with Gasteiger partial charge in [0, 0.05) is 18.7 Å². The molecule has 31 heavy (non-hydrogen) atoms. The zero-order valence-electron chi connectivity index (χ0n) is 18.3. The van der Waals surface area contributed by atoms with Crippen molar-refractivity contribution in [3.8, 4) is 11.5 Å². The molecule has 0 saturated carbocycles. The molecular weight excluding hydrogens is 420 g/mol. The largest absolute Gasteiger partial charge is 0.493 e. The molecular formula is C22H28N2O6S. The van der Waals surface area contributed by atoms with Gasteiger partial charge in [-0.1, -0.05) is 11.2 Å². The number of methoxy groups -OCH3 is 1. The number of aryl methyl sites for hydroxylation is 2. The Labute approximate surface area is 182 Å². The second kappa shape index (κ2) is 9.55. The summed E-state index contributed by atoms with van der Waals surface area (Å²) in [4.78, 5) is 14.2. The van der Waals surface area contributed by atoms with E-state index in [0.29, 0.717) is 36.8 Å². The summed E-state index contributed by atoms with van der Waals surface area (Å²) in [7, 11) is -1.50. The van der Waals surface area contributed by atoms with Gasteiger partial charge in [0.05, 0.1) is 29.9 Å². The molecule has 1 aliphatic heterocycles. The van der Waals surface area contributed by atoms with Crippen LogP contribution in [0.5, 0.6) is 11.5 Å². The van der Waals surface area contributed by atoms with E-state index >= 15 is 0 Å². The molecule has 8 nitrogen and oxygen atoms in total. The van der Waals surface area contributed by atoms with Gasteiger partial charge < -0.3 is 18.9 Å². The summed E-state index contributed by atoms with van der Waals surface area (Å²) in [5, 5.41) is 3.92. The van der Waals surface area contributed by atoms with Crippen LogP contribution in [0.2, 0.25) is 0 Å². The van der Waals surface area contributed by atoms with Crippen LogP contribution in [0.25, 0.3) is 6.08 Å². The molecule has 3 rings (SSSR count). The highest BCUT2D eigenvalue weighted by Gasteiger charge is 2.33. The third kappa shape index (κ3) is 5.46. The third-order valence-electron chi connectivity index (χ3n) is 5.43. The van der Waals surface area contributed by atoms with E-state index in [1.54, 1.807) is 30.2 Å². The summed E-state index contributed by atoms with van der Waals surface area (Å²) in [5.41, 5.74) is 2.44. The number of benzene rings is 1. The van der Waals surface area contributed by atoms with Crippen LogP contribution in [-0.4, -0.2) is 55.6 Å². The number of nitrogens with zero attached hydrogens (tertiary/aromatic N) is 2. The molecule has 1 atom stereocenters. The molecule has 0 unspecified atom stereocenters. The standard InChI is InChI=1S/C22H28N2O6S/c1-5-24(18-10-11-31(26,27)14-18)22(25)9-7-17-6-8-20(21(12-17)28-4)29-13-19-15(2)23-30-16(19)3/h6-9,12,18H,5,10-11,13-14H2,1-4H3/b9-7+/t18-/m1/s1. The average Bonchev–Trinajstić information content (AvgIpc) is 3.26. The van der Waals surface area contributed by atoms with E-state index in [4.69, 9.17) is 14.0 Å². The highest BCUT2D eigenvalue weighted by molar-refractivity contribution is 7.91. The van der Waals surface area contributed by atoms with E-state index < -0.39 is 9.84 Å². The quantitative estimate of drug-likeness (QED) is 0.573. The molecule has 1 fully saturated rings. The molecule has 1 aliphatic rings. The lowest BCUT2D eigenvalue weighted by atomic mass is 10.1. The topological polar surface area (TPSA) is 98.9 Å². The van der Waals surface area contributed by atoms with Crippen LogP contribution in [-0.2, 0) is 21.2 Å². The van der Waals surface area contributed by atoms with Gasteiger partial charge in [-0.25, -0.2) is 8.42 Å². The number of hydrogen-bond donors (Lipinski definition) is 0. The van der Waals surface area contributed by atoms with E-state index in [2.05, 4.69) is 5.16 Å². The van der Waals surface area contributed by atoms with Crippen molar-refractivity contribution in [1.82, 2.24) is 10.1 Å². The lowest BCUT2D eigenvalue weighted by molar-refractivity contribution is -0.127. The van der Waals surface area contributed by atoms with Crippen LogP contribution in [0.4, 0.5) is 0 Å². The minimum Gasteiger partial charge on any atom is -0.493 e. The van der Waals surface area contributed by atoms with E-state index in [9.17, 15) is 13.2 Å². The Morgan fingerprint density at radius 3 is 2.68 bits per heavy atom. The molecule has 0 radical (unpaired) electrons. The van der Waals surface area contributed by atoms with E-state index in [1.807, 2.05) is 26.8 Å². The molecule has 0 bridgehead atoms. The summed E-state index contributed by atoms with van der Waals surface area (Å²) in [6, 6.07) is 5.12. The Balaban J connectivity index is 1.68. The molecule has 1 amide bonds. The van der Waals surface area contributed by atoms with Gasteiger partial charge in [-0.15, -0.1) is 0 Å². The maximum Gasteiger partial charge on any atom is 0.246 e. The fraction of sp³-hybridized carbons (Fsp3) is 0.455. The zero-order valence-corrected chi connectivity index (χ0v) is 19.1. The normalized spacial score (nSPS) is 17.7. The van der Waals surface area contributed by atoms with Crippen LogP contribution >= 0.6 is 0 Å². The Hall–Kier alpha value is -2.81. The fourth-order valence-corrected chi connectivity index (χ4v) is 5.37. The Bertz CT molecular complexity index is 1050. The molecule has 2 aromatic rings. The number of aromatic nitrogens is 1. The number of rotatable bonds is 8. The van der Waals surface area contributed by atoms with Crippen LogP contribution in [0.15, 0.2) is 28.8 Å². The number of hydrogen-bond acceptors (Lipinski definition) is 7. The lowest BCUT2D eigenvalue weighted by Gasteiger charge is -2.25. The van der Waals surface area contributed by atoms with Crippen LogP contribution < -0.4 is 9.47 Å². The first-order valence-corrected chi connectivity index (χ1v) is 12.0. The van der Waals surface area contributed by atoms with Crippen molar-refractivity contribution in [1.29, 1.82) is 0 Å². The van der Waals surface area contributed by atoms with E-state index in [1.165, 1.54) is 6.08 Å². The van der Waals surface area contributed by atoms with Crippen molar-refractivity contribution in [2.24, 2.45) is 0 Å². The average molecular weight is 449 g/mol.